The number of hydrogen-bond donors (Lipinski definition) is 0. The summed E-state index contributed by atoms with van der Waals surface area (Å²) in [7, 11) is 0. The Bertz CT molecular complexity index is 407. The van der Waals surface area contributed by atoms with E-state index >= 15 is 0 Å². The summed E-state index contributed by atoms with van der Waals surface area (Å²) in [6.07, 6.45) is 3.51. The molecule has 1 atom stereocenters. The molecule has 20 heavy (non-hydrogen) atoms. The third kappa shape index (κ3) is 4.38. The first-order valence-corrected chi connectivity index (χ1v) is 8.82. The molecule has 2 rings (SSSR count). The molecule has 0 saturated carbocycles. The van der Waals surface area contributed by atoms with Crippen molar-refractivity contribution in [2.24, 2.45) is 0 Å². The monoisotopic (exact) mass is 293 g/mol. The van der Waals surface area contributed by atoms with Crippen molar-refractivity contribution in [3.05, 3.63) is 23.5 Å². The van der Waals surface area contributed by atoms with Crippen LogP contribution >= 0.6 is 11.8 Å². The number of pyridine rings is 1. The van der Waals surface area contributed by atoms with Gasteiger partial charge >= 0.3 is 0 Å². The molecule has 0 aliphatic carbocycles. The Morgan fingerprint density at radius 1 is 1.15 bits per heavy atom. The number of anilines is 1. The molecule has 2 heterocycles. The maximum atomic E-state index is 4.46. The zero-order valence-electron chi connectivity index (χ0n) is 13.2. The van der Waals surface area contributed by atoms with E-state index in [1.54, 1.807) is 0 Å². The van der Waals surface area contributed by atoms with Crippen molar-refractivity contribution in [2.45, 2.75) is 32.4 Å². The lowest BCUT2D eigenvalue weighted by atomic mass is 10.2. The molecule has 1 aromatic rings. The molecule has 1 aliphatic heterocycles. The maximum Gasteiger partial charge on any atom is 0.0403 e. The van der Waals surface area contributed by atoms with Gasteiger partial charge in [0.05, 0.1) is 0 Å². The van der Waals surface area contributed by atoms with E-state index in [0.717, 1.165) is 29.7 Å². The Labute approximate surface area is 127 Å². The van der Waals surface area contributed by atoms with E-state index in [1.807, 2.05) is 11.8 Å². The van der Waals surface area contributed by atoms with Crippen molar-refractivity contribution in [1.82, 2.24) is 9.88 Å². The number of piperazine rings is 1. The smallest absolute Gasteiger partial charge is 0.0403 e. The molecule has 1 saturated heterocycles. The van der Waals surface area contributed by atoms with E-state index in [4.69, 9.17) is 0 Å². The molecule has 1 fully saturated rings. The molecule has 0 bridgehead atoms. The average molecular weight is 293 g/mol. The van der Waals surface area contributed by atoms with E-state index < -0.39 is 0 Å². The van der Waals surface area contributed by atoms with Gasteiger partial charge in [-0.05, 0) is 45.2 Å². The van der Waals surface area contributed by atoms with E-state index in [1.165, 1.54) is 31.7 Å². The molecule has 1 aromatic heterocycles. The maximum absolute atomic E-state index is 4.46. The molecule has 0 aromatic carbocycles. The first kappa shape index (κ1) is 15.6. The second-order valence-corrected chi connectivity index (χ2v) is 7.05. The van der Waals surface area contributed by atoms with Crippen LogP contribution < -0.4 is 4.90 Å². The van der Waals surface area contributed by atoms with Gasteiger partial charge in [0.1, 0.15) is 0 Å². The van der Waals surface area contributed by atoms with Crippen LogP contribution in [0.15, 0.2) is 12.1 Å². The molecule has 0 N–H and O–H groups in total. The van der Waals surface area contributed by atoms with Gasteiger partial charge in [-0.25, -0.2) is 0 Å². The topological polar surface area (TPSA) is 19.4 Å². The first-order valence-electron chi connectivity index (χ1n) is 7.54. The average Bonchev–Trinajstić information content (AvgIpc) is 2.44. The highest BCUT2D eigenvalue weighted by atomic mass is 32.2. The Morgan fingerprint density at radius 2 is 1.75 bits per heavy atom. The highest BCUT2D eigenvalue weighted by Crippen LogP contribution is 2.19. The number of rotatable bonds is 5. The van der Waals surface area contributed by atoms with Gasteiger partial charge in [0, 0.05) is 48.5 Å². The van der Waals surface area contributed by atoms with E-state index in [0.29, 0.717) is 0 Å². The summed E-state index contributed by atoms with van der Waals surface area (Å²) in [5.41, 5.74) is 3.58. The number of nitrogens with zero attached hydrogens (tertiary/aromatic N) is 3. The van der Waals surface area contributed by atoms with Crippen LogP contribution in [-0.4, -0.2) is 54.1 Å². The van der Waals surface area contributed by atoms with Crippen LogP contribution in [0, 0.1) is 13.8 Å². The van der Waals surface area contributed by atoms with Gasteiger partial charge in [0.15, 0.2) is 0 Å². The molecule has 3 nitrogen and oxygen atoms in total. The van der Waals surface area contributed by atoms with Crippen LogP contribution in [0.4, 0.5) is 5.69 Å². The Kier molecular flexibility index (Phi) is 5.73. The molecule has 0 unspecified atom stereocenters. The van der Waals surface area contributed by atoms with Crippen LogP contribution in [0.3, 0.4) is 0 Å². The minimum Gasteiger partial charge on any atom is -0.369 e. The van der Waals surface area contributed by atoms with Crippen LogP contribution in [0.5, 0.6) is 0 Å². The van der Waals surface area contributed by atoms with Crippen molar-refractivity contribution in [2.75, 3.05) is 43.9 Å². The van der Waals surface area contributed by atoms with Gasteiger partial charge in [-0.3, -0.25) is 9.88 Å². The summed E-state index contributed by atoms with van der Waals surface area (Å²) < 4.78 is 0. The summed E-state index contributed by atoms with van der Waals surface area (Å²) in [5, 5.41) is 0.776. The third-order valence-electron chi connectivity index (χ3n) is 4.06. The fraction of sp³-hybridized carbons (Fsp3) is 0.688. The number of aromatic nitrogens is 1. The van der Waals surface area contributed by atoms with Crippen LogP contribution in [0.2, 0.25) is 0 Å². The Balaban J connectivity index is 1.84. The molecular formula is C16H27N3S. The highest BCUT2D eigenvalue weighted by Gasteiger charge is 2.17. The highest BCUT2D eigenvalue weighted by molar-refractivity contribution is 7.99. The van der Waals surface area contributed by atoms with Crippen molar-refractivity contribution in [3.8, 4) is 0 Å². The van der Waals surface area contributed by atoms with E-state index in [2.05, 4.69) is 53.9 Å². The first-order chi connectivity index (χ1) is 9.58. The van der Waals surface area contributed by atoms with Crippen LogP contribution in [-0.2, 0) is 0 Å². The lowest BCUT2D eigenvalue weighted by Gasteiger charge is -2.36. The van der Waals surface area contributed by atoms with Crippen molar-refractivity contribution in [1.29, 1.82) is 0 Å². The molecule has 0 spiro atoms. The molecule has 0 radical (unpaired) electrons. The zero-order valence-corrected chi connectivity index (χ0v) is 14.0. The van der Waals surface area contributed by atoms with E-state index in [-0.39, 0.29) is 0 Å². The number of aryl methyl sites for hydroxylation is 2. The lowest BCUT2D eigenvalue weighted by Crippen LogP contribution is -2.47. The second-order valence-electron chi connectivity index (χ2n) is 5.77. The summed E-state index contributed by atoms with van der Waals surface area (Å²) in [6.45, 7) is 12.4. The fourth-order valence-corrected chi connectivity index (χ4v) is 3.05. The molecule has 1 aliphatic rings. The Morgan fingerprint density at radius 3 is 2.30 bits per heavy atom. The standard InChI is InChI=1S/C16H27N3S/c1-13-11-16(12-14(2)17-13)19-9-7-18(8-10-19)6-5-15(3)20-4/h11-12,15H,5-10H2,1-4H3/t15-/m1/s1. The normalized spacial score (nSPS) is 18.3. The zero-order chi connectivity index (χ0) is 14.5. The van der Waals surface area contributed by atoms with Crippen molar-refractivity contribution in [3.63, 3.8) is 0 Å². The second kappa shape index (κ2) is 7.32. The van der Waals surface area contributed by atoms with Gasteiger partial charge in [0.25, 0.3) is 0 Å². The summed E-state index contributed by atoms with van der Waals surface area (Å²) >= 11 is 1.97. The van der Waals surface area contributed by atoms with Crippen molar-refractivity contribution < 1.29 is 0 Å². The van der Waals surface area contributed by atoms with Gasteiger partial charge in [-0.2, -0.15) is 11.8 Å². The minimum atomic E-state index is 0.776. The quantitative estimate of drug-likeness (QED) is 0.831. The Hall–Kier alpha value is -0.740. The van der Waals surface area contributed by atoms with Crippen LogP contribution in [0.1, 0.15) is 24.7 Å². The van der Waals surface area contributed by atoms with E-state index in [9.17, 15) is 0 Å². The van der Waals surface area contributed by atoms with Gasteiger partial charge in [-0.15, -0.1) is 0 Å². The number of thioether (sulfide) groups is 1. The summed E-state index contributed by atoms with van der Waals surface area (Å²) in [4.78, 5) is 9.56. The van der Waals surface area contributed by atoms with Gasteiger partial charge in [-0.1, -0.05) is 6.92 Å². The summed E-state index contributed by atoms with van der Waals surface area (Å²) in [6, 6.07) is 4.41. The third-order valence-corrected chi connectivity index (χ3v) is 5.10. The van der Waals surface area contributed by atoms with Gasteiger partial charge in [0.2, 0.25) is 0 Å². The van der Waals surface area contributed by atoms with Gasteiger partial charge < -0.3 is 4.90 Å². The summed E-state index contributed by atoms with van der Waals surface area (Å²) in [5.74, 6) is 0. The lowest BCUT2D eigenvalue weighted by molar-refractivity contribution is 0.255. The SMILES string of the molecule is CS[C@H](C)CCN1CCN(c2cc(C)nc(C)c2)CC1. The molecule has 112 valence electrons. The molecule has 0 amide bonds. The van der Waals surface area contributed by atoms with Crippen molar-refractivity contribution >= 4 is 17.4 Å². The molecular weight excluding hydrogens is 266 g/mol. The largest absolute Gasteiger partial charge is 0.369 e. The fourth-order valence-electron chi connectivity index (χ4n) is 2.71. The van der Waals surface area contributed by atoms with Crippen LogP contribution in [0.25, 0.3) is 0 Å². The molecule has 4 heteroatoms. The minimum absolute atomic E-state index is 0.776. The predicted octanol–water partition coefficient (Wildman–Crippen LogP) is 2.96. The number of hydrogen-bond acceptors (Lipinski definition) is 4. The predicted molar refractivity (Wildman–Crippen MR) is 90.0 cm³/mol.